The molecule has 2 heterocycles. The van der Waals surface area contributed by atoms with Crippen LogP contribution in [0.2, 0.25) is 0 Å². The van der Waals surface area contributed by atoms with Gasteiger partial charge in [-0.05, 0) is 22.9 Å². The third-order valence-corrected chi connectivity index (χ3v) is 4.02. The Morgan fingerprint density at radius 1 is 1.68 bits per heavy atom. The molecule has 0 bridgehead atoms. The first kappa shape index (κ1) is 14.0. The van der Waals surface area contributed by atoms with E-state index in [1.165, 1.54) is 16.2 Å². The third kappa shape index (κ3) is 3.54. The molecule has 1 atom stereocenters. The molecule has 0 aromatic carbocycles. The van der Waals surface area contributed by atoms with Crippen LogP contribution in [-0.4, -0.2) is 35.9 Å². The molecule has 1 N–H and O–H groups in total. The van der Waals surface area contributed by atoms with Crippen LogP contribution in [0, 0.1) is 0 Å². The first-order chi connectivity index (χ1) is 8.95. The molecular formula is C11H12BrN3O3S. The van der Waals surface area contributed by atoms with Crippen molar-refractivity contribution in [3.63, 3.8) is 0 Å². The molecule has 0 fully saturated rings. The minimum absolute atomic E-state index is 0.0864. The van der Waals surface area contributed by atoms with Crippen LogP contribution in [0.5, 0.6) is 5.06 Å². The topological polar surface area (TPSA) is 71.0 Å². The van der Waals surface area contributed by atoms with Crippen LogP contribution in [0.25, 0.3) is 0 Å². The number of guanidine groups is 1. The van der Waals surface area contributed by atoms with Crippen molar-refractivity contribution >= 4 is 45.2 Å². The second-order valence-corrected chi connectivity index (χ2v) is 5.85. The SMILES string of the molecule is CC1CC(=O)N(C)C(NC(=O)Oc2cc(Br)cs2)=N1. The van der Waals surface area contributed by atoms with Crippen molar-refractivity contribution in [2.45, 2.75) is 19.4 Å². The fraction of sp³-hybridized carbons (Fsp3) is 0.364. The number of rotatable bonds is 1. The molecule has 1 aliphatic heterocycles. The fourth-order valence-electron chi connectivity index (χ4n) is 1.52. The van der Waals surface area contributed by atoms with E-state index in [0.717, 1.165) is 4.47 Å². The average Bonchev–Trinajstić information content (AvgIpc) is 2.70. The number of ether oxygens (including phenoxy) is 1. The van der Waals surface area contributed by atoms with Crippen molar-refractivity contribution in [2.24, 2.45) is 4.99 Å². The molecule has 0 spiro atoms. The lowest BCUT2D eigenvalue weighted by atomic mass is 10.2. The lowest BCUT2D eigenvalue weighted by Gasteiger charge is -2.25. The lowest BCUT2D eigenvalue weighted by molar-refractivity contribution is -0.127. The molecule has 0 saturated heterocycles. The van der Waals surface area contributed by atoms with Gasteiger partial charge in [-0.2, -0.15) is 0 Å². The van der Waals surface area contributed by atoms with E-state index < -0.39 is 6.09 Å². The molecular weight excluding hydrogens is 334 g/mol. The van der Waals surface area contributed by atoms with Crippen molar-refractivity contribution in [1.29, 1.82) is 0 Å². The molecule has 102 valence electrons. The second kappa shape index (κ2) is 5.70. The lowest BCUT2D eigenvalue weighted by Crippen LogP contribution is -2.49. The number of aliphatic imine (C=N–C) groups is 1. The molecule has 0 aliphatic carbocycles. The van der Waals surface area contributed by atoms with Gasteiger partial charge in [-0.25, -0.2) is 9.79 Å². The summed E-state index contributed by atoms with van der Waals surface area (Å²) >= 11 is 4.56. The van der Waals surface area contributed by atoms with E-state index in [9.17, 15) is 9.59 Å². The molecule has 1 aromatic heterocycles. The number of hydrogen-bond donors (Lipinski definition) is 1. The number of halogens is 1. The molecule has 1 aliphatic rings. The van der Waals surface area contributed by atoms with Gasteiger partial charge in [0.2, 0.25) is 11.9 Å². The normalized spacial score (nSPS) is 19.1. The molecule has 2 rings (SSSR count). The van der Waals surface area contributed by atoms with Gasteiger partial charge >= 0.3 is 6.09 Å². The maximum absolute atomic E-state index is 11.7. The third-order valence-electron chi connectivity index (χ3n) is 2.46. The molecule has 19 heavy (non-hydrogen) atoms. The summed E-state index contributed by atoms with van der Waals surface area (Å²) in [6.45, 7) is 1.81. The van der Waals surface area contributed by atoms with Crippen molar-refractivity contribution in [3.8, 4) is 5.06 Å². The van der Waals surface area contributed by atoms with Gasteiger partial charge in [0, 0.05) is 29.4 Å². The highest BCUT2D eigenvalue weighted by Crippen LogP contribution is 2.26. The molecule has 0 saturated carbocycles. The van der Waals surface area contributed by atoms with Crippen LogP contribution in [0.3, 0.4) is 0 Å². The Bertz CT molecular complexity index is 543. The Labute approximate surface area is 122 Å². The summed E-state index contributed by atoms with van der Waals surface area (Å²) < 4.78 is 5.92. The Balaban J connectivity index is 2.00. The average molecular weight is 346 g/mol. The van der Waals surface area contributed by atoms with Gasteiger partial charge in [0.05, 0.1) is 6.04 Å². The fourth-order valence-corrected chi connectivity index (χ4v) is 2.78. The van der Waals surface area contributed by atoms with Crippen molar-refractivity contribution in [1.82, 2.24) is 10.2 Å². The Morgan fingerprint density at radius 2 is 2.42 bits per heavy atom. The number of hydrogen-bond acceptors (Lipinski definition) is 5. The summed E-state index contributed by atoms with van der Waals surface area (Å²) in [6, 6.07) is 1.54. The molecule has 6 nitrogen and oxygen atoms in total. The molecule has 1 unspecified atom stereocenters. The number of carbonyl (C=O) groups is 2. The Kier molecular flexibility index (Phi) is 4.20. The van der Waals surface area contributed by atoms with Crippen molar-refractivity contribution < 1.29 is 14.3 Å². The van der Waals surface area contributed by atoms with Crippen LogP contribution in [0.4, 0.5) is 4.79 Å². The van der Waals surface area contributed by atoms with Gasteiger partial charge in [0.15, 0.2) is 5.06 Å². The monoisotopic (exact) mass is 345 g/mol. The standard InChI is InChI=1S/C11H12BrN3O3S/c1-6-3-8(16)15(2)10(13-6)14-11(17)18-9-4-7(12)5-19-9/h4-6H,3H2,1-2H3,(H,13,14,17). The number of amides is 2. The van der Waals surface area contributed by atoms with Crippen molar-refractivity contribution in [2.75, 3.05) is 7.05 Å². The van der Waals surface area contributed by atoms with Gasteiger partial charge in [-0.15, -0.1) is 11.3 Å². The summed E-state index contributed by atoms with van der Waals surface area (Å²) in [5.41, 5.74) is 0. The summed E-state index contributed by atoms with van der Waals surface area (Å²) in [5, 5.41) is 4.74. The summed E-state index contributed by atoms with van der Waals surface area (Å²) in [4.78, 5) is 28.8. The first-order valence-corrected chi connectivity index (χ1v) is 7.20. The number of nitrogens with zero attached hydrogens (tertiary/aromatic N) is 2. The van der Waals surface area contributed by atoms with E-state index in [4.69, 9.17) is 4.74 Å². The van der Waals surface area contributed by atoms with E-state index in [2.05, 4.69) is 26.2 Å². The molecule has 2 amide bonds. The highest BCUT2D eigenvalue weighted by atomic mass is 79.9. The second-order valence-electron chi connectivity index (χ2n) is 4.06. The van der Waals surface area contributed by atoms with E-state index in [0.29, 0.717) is 11.5 Å². The predicted molar refractivity (Wildman–Crippen MR) is 75.5 cm³/mol. The van der Waals surface area contributed by atoms with Gasteiger partial charge < -0.3 is 4.74 Å². The van der Waals surface area contributed by atoms with E-state index in [1.54, 1.807) is 18.5 Å². The maximum atomic E-state index is 11.7. The molecule has 8 heteroatoms. The van der Waals surface area contributed by atoms with Gasteiger partial charge in [0.1, 0.15) is 0 Å². The summed E-state index contributed by atoms with van der Waals surface area (Å²) in [6.07, 6.45) is -0.323. The molecule has 0 radical (unpaired) electrons. The van der Waals surface area contributed by atoms with Crippen LogP contribution in [0.1, 0.15) is 13.3 Å². The zero-order valence-electron chi connectivity index (χ0n) is 10.3. The Morgan fingerprint density at radius 3 is 3.05 bits per heavy atom. The first-order valence-electron chi connectivity index (χ1n) is 5.53. The predicted octanol–water partition coefficient (Wildman–Crippen LogP) is 2.21. The number of nitrogens with one attached hydrogen (secondary N) is 1. The minimum atomic E-state index is -0.665. The van der Waals surface area contributed by atoms with Gasteiger partial charge in [-0.3, -0.25) is 15.0 Å². The van der Waals surface area contributed by atoms with Crippen LogP contribution in [0.15, 0.2) is 20.9 Å². The van der Waals surface area contributed by atoms with E-state index in [-0.39, 0.29) is 17.9 Å². The van der Waals surface area contributed by atoms with Gasteiger partial charge in [-0.1, -0.05) is 0 Å². The minimum Gasteiger partial charge on any atom is -0.399 e. The van der Waals surface area contributed by atoms with Crippen molar-refractivity contribution in [3.05, 3.63) is 15.9 Å². The number of thiophene rings is 1. The summed E-state index contributed by atoms with van der Waals surface area (Å²) in [7, 11) is 1.56. The highest BCUT2D eigenvalue weighted by Gasteiger charge is 2.25. The van der Waals surface area contributed by atoms with Gasteiger partial charge in [0.25, 0.3) is 0 Å². The Hall–Kier alpha value is -1.41. The van der Waals surface area contributed by atoms with E-state index >= 15 is 0 Å². The molecule has 1 aromatic rings. The maximum Gasteiger partial charge on any atom is 0.420 e. The zero-order chi connectivity index (χ0) is 14.0. The highest BCUT2D eigenvalue weighted by molar-refractivity contribution is 9.10. The van der Waals surface area contributed by atoms with E-state index in [1.807, 2.05) is 6.92 Å². The van der Waals surface area contributed by atoms with Crippen LogP contribution < -0.4 is 10.1 Å². The quantitative estimate of drug-likeness (QED) is 0.848. The largest absolute Gasteiger partial charge is 0.420 e. The summed E-state index contributed by atoms with van der Waals surface area (Å²) in [5.74, 6) is 0.126. The van der Waals surface area contributed by atoms with Crippen LogP contribution in [-0.2, 0) is 4.79 Å². The number of carbonyl (C=O) groups excluding carboxylic acids is 2. The smallest absolute Gasteiger partial charge is 0.399 e. The zero-order valence-corrected chi connectivity index (χ0v) is 12.7. The van der Waals surface area contributed by atoms with Crippen LogP contribution >= 0.6 is 27.3 Å².